The van der Waals surface area contributed by atoms with Crippen molar-refractivity contribution in [2.45, 2.75) is 20.3 Å². The maximum absolute atomic E-state index is 12.1. The Balaban J connectivity index is 2.45. The van der Waals surface area contributed by atoms with E-state index in [0.717, 1.165) is 6.42 Å². The highest BCUT2D eigenvalue weighted by Gasteiger charge is 2.16. The molecule has 7 nitrogen and oxygen atoms in total. The van der Waals surface area contributed by atoms with Crippen LogP contribution in [-0.4, -0.2) is 36.3 Å². The zero-order valence-corrected chi connectivity index (χ0v) is 13.9. The van der Waals surface area contributed by atoms with Crippen LogP contribution in [0.4, 0.5) is 0 Å². The van der Waals surface area contributed by atoms with E-state index in [-0.39, 0.29) is 18.0 Å². The Morgan fingerprint density at radius 2 is 2.08 bits per heavy atom. The van der Waals surface area contributed by atoms with Crippen LogP contribution < -0.4 is 15.0 Å². The van der Waals surface area contributed by atoms with Gasteiger partial charge in [0, 0.05) is 6.20 Å². The van der Waals surface area contributed by atoms with Crippen molar-refractivity contribution < 1.29 is 19.0 Å². The molecule has 0 aliphatic rings. The zero-order valence-electron chi connectivity index (χ0n) is 13.9. The smallest absolute Gasteiger partial charge is 0.345 e. The molecule has 0 amide bonds. The van der Waals surface area contributed by atoms with Gasteiger partial charge in [-0.15, -0.1) is 0 Å². The first-order valence-corrected chi connectivity index (χ1v) is 7.68. The largest absolute Gasteiger partial charge is 0.497 e. The third-order valence-corrected chi connectivity index (χ3v) is 3.20. The lowest BCUT2D eigenvalue weighted by atomic mass is 10.1. The Labute approximate surface area is 139 Å². The van der Waals surface area contributed by atoms with Crippen molar-refractivity contribution in [1.29, 1.82) is 0 Å². The van der Waals surface area contributed by atoms with Crippen molar-refractivity contribution in [3.05, 3.63) is 40.3 Å². The van der Waals surface area contributed by atoms with Crippen molar-refractivity contribution in [3.8, 4) is 22.9 Å². The van der Waals surface area contributed by atoms with Gasteiger partial charge in [-0.05, 0) is 31.5 Å². The zero-order chi connectivity index (χ0) is 17.5. The van der Waals surface area contributed by atoms with Gasteiger partial charge in [-0.25, -0.2) is 9.78 Å². The summed E-state index contributed by atoms with van der Waals surface area (Å²) in [5.74, 6) is 0.764. The number of hydrogen-bond donors (Lipinski definition) is 1. The van der Waals surface area contributed by atoms with Gasteiger partial charge in [-0.3, -0.25) is 4.79 Å². The van der Waals surface area contributed by atoms with E-state index in [9.17, 15) is 9.59 Å². The standard InChI is InChI=1S/C17H20N2O5/c1-4-8-24-14-7-6-11(22-3)9-12(14)15-18-10-13(16(20)19-15)17(21)23-5-2/h6-7,9-10H,4-5,8H2,1-3H3,(H,18,19,20). The number of carbonyl (C=O) groups is 1. The highest BCUT2D eigenvalue weighted by atomic mass is 16.5. The number of hydrogen-bond acceptors (Lipinski definition) is 6. The fourth-order valence-corrected chi connectivity index (χ4v) is 2.05. The van der Waals surface area contributed by atoms with Crippen LogP contribution in [0.3, 0.4) is 0 Å². The van der Waals surface area contributed by atoms with Gasteiger partial charge in [0.1, 0.15) is 22.9 Å². The predicted octanol–water partition coefficient (Wildman–Crippen LogP) is 2.41. The number of nitrogens with one attached hydrogen (secondary N) is 1. The number of aromatic nitrogens is 2. The molecule has 1 heterocycles. The normalized spacial score (nSPS) is 10.3. The second-order valence-electron chi connectivity index (χ2n) is 4.91. The van der Waals surface area contributed by atoms with Crippen LogP contribution in [-0.2, 0) is 4.74 Å². The summed E-state index contributed by atoms with van der Waals surface area (Å²) < 4.78 is 15.7. The molecule has 0 bridgehead atoms. The minimum atomic E-state index is -0.703. The molecule has 1 N–H and O–H groups in total. The SMILES string of the molecule is CCCOc1ccc(OC)cc1-c1ncc(C(=O)OCC)c(=O)[nH]1. The van der Waals surface area contributed by atoms with Crippen molar-refractivity contribution in [2.75, 3.05) is 20.3 Å². The quantitative estimate of drug-likeness (QED) is 0.783. The van der Waals surface area contributed by atoms with Crippen LogP contribution in [0.2, 0.25) is 0 Å². The highest BCUT2D eigenvalue weighted by molar-refractivity contribution is 5.88. The third-order valence-electron chi connectivity index (χ3n) is 3.20. The van der Waals surface area contributed by atoms with Crippen LogP contribution in [0, 0.1) is 0 Å². The van der Waals surface area contributed by atoms with E-state index in [0.29, 0.717) is 23.7 Å². The van der Waals surface area contributed by atoms with Gasteiger partial charge in [-0.2, -0.15) is 0 Å². The molecule has 0 aliphatic heterocycles. The molecule has 0 spiro atoms. The molecule has 0 unspecified atom stereocenters. The Hall–Kier alpha value is -2.83. The molecule has 7 heteroatoms. The Bertz CT molecular complexity index is 770. The minimum Gasteiger partial charge on any atom is -0.497 e. The maximum atomic E-state index is 12.1. The topological polar surface area (TPSA) is 90.5 Å². The van der Waals surface area contributed by atoms with Gasteiger partial charge >= 0.3 is 5.97 Å². The Morgan fingerprint density at radius 1 is 1.29 bits per heavy atom. The number of rotatable bonds is 7. The number of carbonyl (C=O) groups excluding carboxylic acids is 1. The molecule has 0 atom stereocenters. The average Bonchev–Trinajstić information content (AvgIpc) is 2.59. The van der Waals surface area contributed by atoms with Gasteiger partial charge in [0.25, 0.3) is 5.56 Å². The van der Waals surface area contributed by atoms with Crippen molar-refractivity contribution in [3.63, 3.8) is 0 Å². The minimum absolute atomic E-state index is 0.139. The van der Waals surface area contributed by atoms with Gasteiger partial charge in [0.15, 0.2) is 0 Å². The van der Waals surface area contributed by atoms with E-state index in [1.807, 2.05) is 6.92 Å². The van der Waals surface area contributed by atoms with E-state index in [2.05, 4.69) is 9.97 Å². The molecular weight excluding hydrogens is 312 g/mol. The molecule has 0 fully saturated rings. The van der Waals surface area contributed by atoms with Crippen molar-refractivity contribution >= 4 is 5.97 Å². The van der Waals surface area contributed by atoms with Crippen molar-refractivity contribution in [1.82, 2.24) is 9.97 Å². The van der Waals surface area contributed by atoms with E-state index in [1.165, 1.54) is 6.20 Å². The van der Waals surface area contributed by atoms with Crippen LogP contribution in [0.25, 0.3) is 11.4 Å². The predicted molar refractivity (Wildman–Crippen MR) is 88.6 cm³/mol. The van der Waals surface area contributed by atoms with Gasteiger partial charge in [0.05, 0.1) is 25.9 Å². The third kappa shape index (κ3) is 3.92. The first-order chi connectivity index (χ1) is 11.6. The van der Waals surface area contributed by atoms with E-state index >= 15 is 0 Å². The van der Waals surface area contributed by atoms with E-state index in [1.54, 1.807) is 32.2 Å². The first-order valence-electron chi connectivity index (χ1n) is 7.68. The maximum Gasteiger partial charge on any atom is 0.345 e. The molecule has 0 aliphatic carbocycles. The Morgan fingerprint density at radius 3 is 2.71 bits per heavy atom. The van der Waals surface area contributed by atoms with Crippen LogP contribution in [0.15, 0.2) is 29.2 Å². The molecule has 2 aromatic rings. The summed E-state index contributed by atoms with van der Waals surface area (Å²) in [4.78, 5) is 30.6. The number of benzene rings is 1. The second kappa shape index (κ2) is 8.14. The van der Waals surface area contributed by atoms with Crippen molar-refractivity contribution in [2.24, 2.45) is 0 Å². The summed E-state index contributed by atoms with van der Waals surface area (Å²) >= 11 is 0. The number of aromatic amines is 1. The lowest BCUT2D eigenvalue weighted by Crippen LogP contribution is -2.21. The summed E-state index contributed by atoms with van der Waals surface area (Å²) in [5.41, 5.74) is -0.127. The Kier molecular flexibility index (Phi) is 5.95. The number of ether oxygens (including phenoxy) is 3. The molecule has 0 radical (unpaired) electrons. The van der Waals surface area contributed by atoms with Gasteiger partial charge in [-0.1, -0.05) is 6.92 Å². The first kappa shape index (κ1) is 17.5. The molecule has 1 aromatic carbocycles. The highest BCUT2D eigenvalue weighted by Crippen LogP contribution is 2.31. The molecule has 1 aromatic heterocycles. The number of esters is 1. The summed E-state index contributed by atoms with van der Waals surface area (Å²) in [6.07, 6.45) is 2.05. The lowest BCUT2D eigenvalue weighted by molar-refractivity contribution is 0.0524. The fourth-order valence-electron chi connectivity index (χ4n) is 2.05. The van der Waals surface area contributed by atoms with Gasteiger partial charge in [0.2, 0.25) is 0 Å². The van der Waals surface area contributed by atoms with Crippen LogP contribution in [0.1, 0.15) is 30.6 Å². The summed E-state index contributed by atoms with van der Waals surface area (Å²) in [5, 5.41) is 0. The average molecular weight is 332 g/mol. The van der Waals surface area contributed by atoms with Crippen LogP contribution in [0.5, 0.6) is 11.5 Å². The van der Waals surface area contributed by atoms with Gasteiger partial charge < -0.3 is 19.2 Å². The molecule has 24 heavy (non-hydrogen) atoms. The van der Waals surface area contributed by atoms with Crippen LogP contribution >= 0.6 is 0 Å². The summed E-state index contributed by atoms with van der Waals surface area (Å²) in [6.45, 7) is 4.38. The monoisotopic (exact) mass is 332 g/mol. The molecule has 128 valence electrons. The number of H-pyrrole nitrogens is 1. The molecular formula is C17H20N2O5. The summed E-state index contributed by atoms with van der Waals surface area (Å²) in [6, 6.07) is 5.23. The van der Waals surface area contributed by atoms with E-state index < -0.39 is 11.5 Å². The second-order valence-corrected chi connectivity index (χ2v) is 4.91. The molecule has 0 saturated carbocycles. The summed E-state index contributed by atoms with van der Waals surface area (Å²) in [7, 11) is 1.55. The molecule has 0 saturated heterocycles. The number of nitrogens with zero attached hydrogens (tertiary/aromatic N) is 1. The van der Waals surface area contributed by atoms with E-state index in [4.69, 9.17) is 14.2 Å². The molecule has 2 rings (SSSR count). The number of methoxy groups -OCH3 is 1. The fraction of sp³-hybridized carbons (Fsp3) is 0.353. The lowest BCUT2D eigenvalue weighted by Gasteiger charge is -2.12.